The Hall–Kier alpha value is -2.01. The summed E-state index contributed by atoms with van der Waals surface area (Å²) in [5.74, 6) is -1.92. The minimum absolute atomic E-state index is 0.122. The lowest BCUT2D eigenvalue weighted by Gasteiger charge is -2.15. The second kappa shape index (κ2) is 5.54. The Labute approximate surface area is 115 Å². The van der Waals surface area contributed by atoms with Crippen LogP contribution < -0.4 is 10.5 Å². The summed E-state index contributed by atoms with van der Waals surface area (Å²) in [5, 5.41) is 0. The number of hydrogen-bond acceptors (Lipinski definition) is 2. The van der Waals surface area contributed by atoms with Gasteiger partial charge in [0.2, 0.25) is 0 Å². The molecular weight excluding hydrogens is 267 g/mol. The van der Waals surface area contributed by atoms with E-state index in [9.17, 15) is 13.2 Å². The molecule has 2 aromatic rings. The predicted molar refractivity (Wildman–Crippen MR) is 70.2 cm³/mol. The van der Waals surface area contributed by atoms with Crippen molar-refractivity contribution in [3.8, 4) is 11.5 Å². The van der Waals surface area contributed by atoms with E-state index in [-0.39, 0.29) is 5.75 Å². The number of ether oxygens (including phenoxy) is 1. The van der Waals surface area contributed by atoms with E-state index < -0.39 is 23.5 Å². The Morgan fingerprint density at radius 1 is 1.00 bits per heavy atom. The van der Waals surface area contributed by atoms with Crippen molar-refractivity contribution in [2.45, 2.75) is 19.9 Å². The molecule has 20 heavy (non-hydrogen) atoms. The first-order chi connectivity index (χ1) is 9.38. The Kier molecular flexibility index (Phi) is 3.99. The molecule has 2 rings (SSSR count). The second-order valence-electron chi connectivity index (χ2n) is 4.61. The summed E-state index contributed by atoms with van der Waals surface area (Å²) in [5.41, 5.74) is 6.60. The van der Waals surface area contributed by atoms with Crippen LogP contribution in [-0.2, 0) is 0 Å². The molecule has 0 radical (unpaired) electrons. The molecule has 2 nitrogen and oxygen atoms in total. The van der Waals surface area contributed by atoms with Gasteiger partial charge in [-0.05, 0) is 43.7 Å². The van der Waals surface area contributed by atoms with Crippen LogP contribution in [0.2, 0.25) is 0 Å². The molecule has 106 valence electrons. The third-order valence-corrected chi connectivity index (χ3v) is 2.90. The van der Waals surface area contributed by atoms with Crippen molar-refractivity contribution in [3.63, 3.8) is 0 Å². The highest BCUT2D eigenvalue weighted by molar-refractivity contribution is 5.42. The first-order valence-electron chi connectivity index (χ1n) is 6.07. The van der Waals surface area contributed by atoms with Crippen LogP contribution >= 0.6 is 0 Å². The zero-order valence-corrected chi connectivity index (χ0v) is 11.1. The van der Waals surface area contributed by atoms with Gasteiger partial charge in [-0.15, -0.1) is 0 Å². The first kappa shape index (κ1) is 14.4. The summed E-state index contributed by atoms with van der Waals surface area (Å²) in [7, 11) is 0. The average molecular weight is 281 g/mol. The minimum atomic E-state index is -1.01. The molecule has 0 aromatic heterocycles. The molecule has 0 fully saturated rings. The molecule has 0 amide bonds. The molecule has 0 saturated carbocycles. The van der Waals surface area contributed by atoms with Gasteiger partial charge in [0.15, 0.2) is 11.6 Å². The Bertz CT molecular complexity index is 641. The van der Waals surface area contributed by atoms with E-state index in [1.807, 2.05) is 0 Å². The van der Waals surface area contributed by atoms with Gasteiger partial charge < -0.3 is 10.5 Å². The van der Waals surface area contributed by atoms with Gasteiger partial charge in [-0.2, -0.15) is 0 Å². The summed E-state index contributed by atoms with van der Waals surface area (Å²) >= 11 is 0. The van der Waals surface area contributed by atoms with Gasteiger partial charge in [0.1, 0.15) is 17.3 Å². The number of halogens is 3. The number of rotatable bonds is 3. The van der Waals surface area contributed by atoms with Gasteiger partial charge in [0.05, 0.1) is 0 Å². The molecule has 0 unspecified atom stereocenters. The van der Waals surface area contributed by atoms with Gasteiger partial charge in [0.25, 0.3) is 0 Å². The molecule has 0 heterocycles. The van der Waals surface area contributed by atoms with E-state index in [1.165, 1.54) is 18.2 Å². The van der Waals surface area contributed by atoms with E-state index in [0.717, 1.165) is 12.1 Å². The topological polar surface area (TPSA) is 35.2 Å². The molecule has 0 bridgehead atoms. The molecule has 0 aliphatic heterocycles. The first-order valence-corrected chi connectivity index (χ1v) is 6.07. The second-order valence-corrected chi connectivity index (χ2v) is 4.61. The van der Waals surface area contributed by atoms with Crippen molar-refractivity contribution < 1.29 is 17.9 Å². The van der Waals surface area contributed by atoms with Crippen LogP contribution in [0.3, 0.4) is 0 Å². The van der Waals surface area contributed by atoms with Crippen LogP contribution in [0, 0.1) is 24.4 Å². The normalized spacial score (nSPS) is 12.3. The van der Waals surface area contributed by atoms with E-state index >= 15 is 0 Å². The van der Waals surface area contributed by atoms with E-state index in [2.05, 4.69) is 0 Å². The number of hydrogen-bond donors (Lipinski definition) is 1. The maximum Gasteiger partial charge on any atom is 0.162 e. The fourth-order valence-electron chi connectivity index (χ4n) is 1.78. The Morgan fingerprint density at radius 3 is 2.30 bits per heavy atom. The van der Waals surface area contributed by atoms with Crippen LogP contribution in [-0.4, -0.2) is 0 Å². The molecule has 0 aliphatic rings. The molecular formula is C15H14F3NO. The lowest BCUT2D eigenvalue weighted by molar-refractivity contribution is 0.452. The zero-order valence-electron chi connectivity index (χ0n) is 11.1. The van der Waals surface area contributed by atoms with E-state index in [4.69, 9.17) is 10.5 Å². The zero-order chi connectivity index (χ0) is 14.9. The predicted octanol–water partition coefficient (Wildman–Crippen LogP) is 4.22. The van der Waals surface area contributed by atoms with Crippen molar-refractivity contribution in [3.05, 3.63) is 58.9 Å². The standard InChI is InChI=1S/C15H14F3NO/c1-8-5-15(11(9(2)19)7-13(8)17)20-10-3-4-12(16)14(18)6-10/h3-7,9H,19H2,1-2H3/t9-/m1/s1. The van der Waals surface area contributed by atoms with Crippen LogP contribution in [0.15, 0.2) is 30.3 Å². The molecule has 1 atom stereocenters. The third-order valence-electron chi connectivity index (χ3n) is 2.90. The monoisotopic (exact) mass is 281 g/mol. The van der Waals surface area contributed by atoms with Gasteiger partial charge in [-0.25, -0.2) is 13.2 Å². The molecule has 2 aromatic carbocycles. The van der Waals surface area contributed by atoms with Crippen LogP contribution in [0.25, 0.3) is 0 Å². The number of aryl methyl sites for hydroxylation is 1. The van der Waals surface area contributed by atoms with E-state index in [1.54, 1.807) is 13.8 Å². The third kappa shape index (κ3) is 2.93. The number of benzene rings is 2. The smallest absolute Gasteiger partial charge is 0.162 e. The minimum Gasteiger partial charge on any atom is -0.457 e. The van der Waals surface area contributed by atoms with Gasteiger partial charge in [0, 0.05) is 17.7 Å². The van der Waals surface area contributed by atoms with Crippen LogP contribution in [0.4, 0.5) is 13.2 Å². The molecule has 0 spiro atoms. The Balaban J connectivity index is 2.41. The number of nitrogens with two attached hydrogens (primary N) is 1. The summed E-state index contributed by atoms with van der Waals surface area (Å²) in [6.07, 6.45) is 0. The van der Waals surface area contributed by atoms with Crippen molar-refractivity contribution in [1.29, 1.82) is 0 Å². The van der Waals surface area contributed by atoms with Gasteiger partial charge in [-0.1, -0.05) is 0 Å². The lowest BCUT2D eigenvalue weighted by atomic mass is 10.1. The average Bonchev–Trinajstić information content (AvgIpc) is 2.37. The van der Waals surface area contributed by atoms with Crippen molar-refractivity contribution in [1.82, 2.24) is 0 Å². The highest BCUT2D eigenvalue weighted by Gasteiger charge is 2.13. The Morgan fingerprint density at radius 2 is 1.70 bits per heavy atom. The lowest BCUT2D eigenvalue weighted by Crippen LogP contribution is -2.08. The highest BCUT2D eigenvalue weighted by Crippen LogP contribution is 2.31. The van der Waals surface area contributed by atoms with Gasteiger partial charge in [-0.3, -0.25) is 0 Å². The van der Waals surface area contributed by atoms with Crippen molar-refractivity contribution in [2.24, 2.45) is 5.73 Å². The quantitative estimate of drug-likeness (QED) is 0.914. The van der Waals surface area contributed by atoms with Gasteiger partial charge >= 0.3 is 0 Å². The molecule has 0 aliphatic carbocycles. The van der Waals surface area contributed by atoms with Crippen molar-refractivity contribution in [2.75, 3.05) is 0 Å². The fourth-order valence-corrected chi connectivity index (χ4v) is 1.78. The maximum atomic E-state index is 13.6. The summed E-state index contributed by atoms with van der Waals surface area (Å²) in [6, 6.07) is 5.50. The largest absolute Gasteiger partial charge is 0.457 e. The van der Waals surface area contributed by atoms with Crippen LogP contribution in [0.5, 0.6) is 11.5 Å². The van der Waals surface area contributed by atoms with Crippen LogP contribution in [0.1, 0.15) is 24.1 Å². The summed E-state index contributed by atoms with van der Waals surface area (Å²) < 4.78 is 45.1. The molecule has 5 heteroatoms. The SMILES string of the molecule is Cc1cc(Oc2ccc(F)c(F)c2)c([C@@H](C)N)cc1F. The summed E-state index contributed by atoms with van der Waals surface area (Å²) in [4.78, 5) is 0. The molecule has 2 N–H and O–H groups in total. The van der Waals surface area contributed by atoms with E-state index in [0.29, 0.717) is 16.9 Å². The maximum absolute atomic E-state index is 13.6. The highest BCUT2D eigenvalue weighted by atomic mass is 19.2. The fraction of sp³-hybridized carbons (Fsp3) is 0.200. The molecule has 0 saturated heterocycles. The summed E-state index contributed by atoms with van der Waals surface area (Å²) in [6.45, 7) is 3.26. The van der Waals surface area contributed by atoms with Crippen molar-refractivity contribution >= 4 is 0 Å².